The molecule has 11 heteroatoms. The Balaban J connectivity index is 2.11. The molecule has 0 aliphatic carbocycles. The van der Waals surface area contributed by atoms with Crippen molar-refractivity contribution in [3.8, 4) is 5.75 Å². The molecule has 0 fully saturated rings. The van der Waals surface area contributed by atoms with Crippen LogP contribution in [0.25, 0.3) is 11.2 Å². The molecule has 24 heavy (non-hydrogen) atoms. The number of nitrogens with zero attached hydrogens (tertiary/aromatic N) is 1. The van der Waals surface area contributed by atoms with Crippen molar-refractivity contribution in [1.82, 2.24) is 15.0 Å². The number of benzene rings is 1. The van der Waals surface area contributed by atoms with Gasteiger partial charge in [-0.1, -0.05) is 29.3 Å². The summed E-state index contributed by atoms with van der Waals surface area (Å²) in [6.07, 6.45) is 0. The van der Waals surface area contributed by atoms with E-state index in [2.05, 4.69) is 19.7 Å². The fraction of sp³-hybridized carbons (Fsp3) is 0.0769. The van der Waals surface area contributed by atoms with E-state index >= 15 is 0 Å². The summed E-state index contributed by atoms with van der Waals surface area (Å²) >= 11 is 11.8. The molecule has 126 valence electrons. The van der Waals surface area contributed by atoms with Gasteiger partial charge in [0, 0.05) is 6.07 Å². The van der Waals surface area contributed by atoms with E-state index in [4.69, 9.17) is 27.9 Å². The summed E-state index contributed by atoms with van der Waals surface area (Å²) in [5, 5.41) is -0.00774. The Hall–Kier alpha value is -2.23. The highest BCUT2D eigenvalue weighted by atomic mass is 35.5. The molecule has 3 rings (SSSR count). The quantitative estimate of drug-likeness (QED) is 0.633. The minimum atomic E-state index is -4.07. The average molecular weight is 389 g/mol. The number of methoxy groups -OCH3 is 1. The summed E-state index contributed by atoms with van der Waals surface area (Å²) in [6, 6.07) is 5.68. The summed E-state index contributed by atoms with van der Waals surface area (Å²) in [7, 11) is -2.73. The number of aromatic nitrogens is 3. The molecule has 0 aliphatic rings. The van der Waals surface area contributed by atoms with Crippen LogP contribution in [0.2, 0.25) is 10.0 Å². The molecular weight excluding hydrogens is 379 g/mol. The van der Waals surface area contributed by atoms with E-state index in [0.29, 0.717) is 5.52 Å². The third-order valence-corrected chi connectivity index (χ3v) is 5.44. The maximum atomic E-state index is 12.6. The second-order valence-electron chi connectivity index (χ2n) is 4.67. The summed E-state index contributed by atoms with van der Waals surface area (Å²) in [6.45, 7) is 0. The number of sulfonamides is 1. The predicted molar refractivity (Wildman–Crippen MR) is 90.5 cm³/mol. The highest BCUT2D eigenvalue weighted by Crippen LogP contribution is 2.32. The first kappa shape index (κ1) is 16.6. The van der Waals surface area contributed by atoms with E-state index in [1.54, 1.807) is 0 Å². The van der Waals surface area contributed by atoms with E-state index in [9.17, 15) is 13.2 Å². The zero-order valence-corrected chi connectivity index (χ0v) is 14.4. The number of aromatic amines is 2. The molecule has 0 radical (unpaired) electrons. The maximum Gasteiger partial charge on any atom is 0.325 e. The fourth-order valence-electron chi connectivity index (χ4n) is 2.05. The van der Waals surface area contributed by atoms with E-state index in [-0.39, 0.29) is 32.2 Å². The van der Waals surface area contributed by atoms with Crippen molar-refractivity contribution >= 4 is 50.2 Å². The van der Waals surface area contributed by atoms with Gasteiger partial charge in [-0.05, 0) is 12.1 Å². The molecule has 0 atom stereocenters. The summed E-state index contributed by atoms with van der Waals surface area (Å²) in [4.78, 5) is 20.1. The zero-order chi connectivity index (χ0) is 17.5. The number of fused-ring (bicyclic) bond motifs is 1. The van der Waals surface area contributed by atoms with Gasteiger partial charge in [-0.25, -0.2) is 18.2 Å². The lowest BCUT2D eigenvalue weighted by atomic mass is 10.4. The Morgan fingerprint density at radius 1 is 1.25 bits per heavy atom. The van der Waals surface area contributed by atoms with E-state index < -0.39 is 15.7 Å². The molecule has 0 spiro atoms. The Labute approximate surface area is 145 Å². The van der Waals surface area contributed by atoms with E-state index in [0.717, 1.165) is 0 Å². The molecular formula is C13H10Cl2N4O4S. The zero-order valence-electron chi connectivity index (χ0n) is 12.1. The van der Waals surface area contributed by atoms with Crippen molar-refractivity contribution in [2.75, 3.05) is 11.8 Å². The van der Waals surface area contributed by atoms with Gasteiger partial charge in [0.1, 0.15) is 4.90 Å². The van der Waals surface area contributed by atoms with Crippen molar-refractivity contribution in [3.63, 3.8) is 0 Å². The molecule has 8 nitrogen and oxygen atoms in total. The first-order chi connectivity index (χ1) is 11.3. The number of ether oxygens (including phenoxy) is 1. The fourth-order valence-corrected chi connectivity index (χ4v) is 3.82. The van der Waals surface area contributed by atoms with Gasteiger partial charge in [0.25, 0.3) is 10.0 Å². The largest absolute Gasteiger partial charge is 0.493 e. The number of halogens is 2. The SMILES string of the molecule is COc1cc2[nH]c(=O)[nH]c2nc1NS(=O)(=O)c1cccc(Cl)c1Cl. The summed E-state index contributed by atoms with van der Waals surface area (Å²) in [5.74, 6) is 0.0239. The highest BCUT2D eigenvalue weighted by Gasteiger charge is 2.22. The lowest BCUT2D eigenvalue weighted by Crippen LogP contribution is -2.15. The van der Waals surface area contributed by atoms with Crippen LogP contribution in [0.15, 0.2) is 34.0 Å². The average Bonchev–Trinajstić information content (AvgIpc) is 2.87. The van der Waals surface area contributed by atoms with Crippen LogP contribution in [0.1, 0.15) is 0 Å². The number of imidazole rings is 1. The van der Waals surface area contributed by atoms with Crippen LogP contribution in [0.5, 0.6) is 5.75 Å². The van der Waals surface area contributed by atoms with E-state index in [1.165, 1.54) is 31.4 Å². The molecule has 0 saturated carbocycles. The van der Waals surface area contributed by atoms with Gasteiger partial charge in [0.05, 0.1) is 22.7 Å². The van der Waals surface area contributed by atoms with Crippen molar-refractivity contribution in [2.24, 2.45) is 0 Å². The second kappa shape index (κ2) is 6.00. The second-order valence-corrected chi connectivity index (χ2v) is 7.11. The molecule has 0 saturated heterocycles. The minimum Gasteiger partial charge on any atom is -0.493 e. The number of pyridine rings is 1. The van der Waals surface area contributed by atoms with Crippen molar-refractivity contribution in [1.29, 1.82) is 0 Å². The monoisotopic (exact) mass is 388 g/mol. The van der Waals surface area contributed by atoms with Crippen molar-refractivity contribution in [2.45, 2.75) is 4.90 Å². The first-order valence-corrected chi connectivity index (χ1v) is 8.69. The number of hydrogen-bond acceptors (Lipinski definition) is 5. The van der Waals surface area contributed by atoms with Crippen LogP contribution in [0.4, 0.5) is 5.82 Å². The van der Waals surface area contributed by atoms with Gasteiger partial charge in [0.2, 0.25) is 0 Å². The predicted octanol–water partition coefficient (Wildman–Crippen LogP) is 2.37. The van der Waals surface area contributed by atoms with Crippen LogP contribution in [-0.2, 0) is 10.0 Å². The topological polar surface area (TPSA) is 117 Å². The molecule has 0 bridgehead atoms. The van der Waals surface area contributed by atoms with Gasteiger partial charge >= 0.3 is 5.69 Å². The molecule has 2 aromatic heterocycles. The Kier molecular flexibility index (Phi) is 4.16. The molecule has 0 aliphatic heterocycles. The van der Waals surface area contributed by atoms with Gasteiger partial charge in [-0.15, -0.1) is 0 Å². The van der Waals surface area contributed by atoms with Crippen LogP contribution in [-0.4, -0.2) is 30.5 Å². The van der Waals surface area contributed by atoms with Gasteiger partial charge in [0.15, 0.2) is 17.2 Å². The van der Waals surface area contributed by atoms with Gasteiger partial charge in [-0.3, -0.25) is 9.71 Å². The van der Waals surface area contributed by atoms with Gasteiger partial charge < -0.3 is 9.72 Å². The Bertz CT molecular complexity index is 1090. The molecule has 1 aromatic carbocycles. The minimum absolute atomic E-state index is 0.101. The normalized spacial score (nSPS) is 11.6. The molecule has 2 heterocycles. The number of anilines is 1. The first-order valence-electron chi connectivity index (χ1n) is 6.45. The summed E-state index contributed by atoms with van der Waals surface area (Å²) < 4.78 is 32.5. The van der Waals surface area contributed by atoms with Crippen LogP contribution in [0.3, 0.4) is 0 Å². The van der Waals surface area contributed by atoms with Crippen LogP contribution < -0.4 is 15.1 Å². The highest BCUT2D eigenvalue weighted by molar-refractivity contribution is 7.92. The number of rotatable bonds is 4. The summed E-state index contributed by atoms with van der Waals surface area (Å²) in [5.41, 5.74) is 0.0775. The third-order valence-electron chi connectivity index (χ3n) is 3.12. The Morgan fingerprint density at radius 2 is 2.00 bits per heavy atom. The molecule has 3 aromatic rings. The lowest BCUT2D eigenvalue weighted by molar-refractivity contribution is 0.416. The maximum absolute atomic E-state index is 12.6. The molecule has 0 amide bonds. The van der Waals surface area contributed by atoms with Gasteiger partial charge in [-0.2, -0.15) is 0 Å². The number of H-pyrrole nitrogens is 2. The number of hydrogen-bond donors (Lipinski definition) is 3. The molecule has 3 N–H and O–H groups in total. The van der Waals surface area contributed by atoms with Crippen molar-refractivity contribution < 1.29 is 13.2 Å². The van der Waals surface area contributed by atoms with Crippen LogP contribution in [0, 0.1) is 0 Å². The Morgan fingerprint density at radius 3 is 2.71 bits per heavy atom. The number of nitrogens with one attached hydrogen (secondary N) is 3. The van der Waals surface area contributed by atoms with E-state index in [1.807, 2.05) is 0 Å². The molecule has 0 unspecified atom stereocenters. The lowest BCUT2D eigenvalue weighted by Gasteiger charge is -2.12. The van der Waals surface area contributed by atoms with Crippen molar-refractivity contribution in [3.05, 3.63) is 44.8 Å². The van der Waals surface area contributed by atoms with Crippen LogP contribution >= 0.6 is 23.2 Å². The third kappa shape index (κ3) is 2.93. The standard InChI is InChI=1S/C13H10Cl2N4O4S/c1-23-8-5-7-11(18-13(20)16-7)17-12(8)19-24(21,22)9-4-2-3-6(14)10(9)15/h2-5H,1H3,(H3,16,17,18,19,20). The smallest absolute Gasteiger partial charge is 0.325 e.